The minimum absolute atomic E-state index is 0.155. The molecule has 1 aliphatic rings. The van der Waals surface area contributed by atoms with Gasteiger partial charge in [-0.15, -0.1) is 0 Å². The molecule has 0 aromatic heterocycles. The molecule has 1 unspecified atom stereocenters. The highest BCUT2D eigenvalue weighted by atomic mass is 16.5. The fraction of sp³-hybridized carbons (Fsp3) is 0.250. The van der Waals surface area contributed by atoms with Gasteiger partial charge >= 0.3 is 0 Å². The second-order valence-corrected chi connectivity index (χ2v) is 4.56. The minimum Gasteiger partial charge on any atom is -0.499 e. The van der Waals surface area contributed by atoms with E-state index in [1.54, 1.807) is 18.2 Å². The van der Waals surface area contributed by atoms with Crippen molar-refractivity contribution in [3.05, 3.63) is 53.8 Å². The van der Waals surface area contributed by atoms with Crippen molar-refractivity contribution in [3.8, 4) is 5.75 Å². The fourth-order valence-electron chi connectivity index (χ4n) is 2.29. The van der Waals surface area contributed by atoms with Crippen LogP contribution in [0.3, 0.4) is 0 Å². The van der Waals surface area contributed by atoms with E-state index >= 15 is 0 Å². The monoisotopic (exact) mass is 272 g/mol. The van der Waals surface area contributed by atoms with Gasteiger partial charge in [0.15, 0.2) is 11.6 Å². The SMILES string of the molecule is C=COC(C)CC1=CC(=O)c2c(OC)cccc2C1=O. The van der Waals surface area contributed by atoms with E-state index in [0.717, 1.165) is 0 Å². The van der Waals surface area contributed by atoms with Gasteiger partial charge in [-0.2, -0.15) is 0 Å². The Kier molecular flexibility index (Phi) is 4.03. The van der Waals surface area contributed by atoms with Crippen LogP contribution in [0.1, 0.15) is 34.1 Å². The zero-order chi connectivity index (χ0) is 14.7. The Morgan fingerprint density at radius 3 is 2.75 bits per heavy atom. The van der Waals surface area contributed by atoms with Crippen LogP contribution in [0, 0.1) is 0 Å². The number of fused-ring (bicyclic) bond motifs is 1. The van der Waals surface area contributed by atoms with Gasteiger partial charge < -0.3 is 9.47 Å². The van der Waals surface area contributed by atoms with Crippen LogP contribution in [-0.4, -0.2) is 24.8 Å². The van der Waals surface area contributed by atoms with Crippen molar-refractivity contribution in [1.29, 1.82) is 0 Å². The predicted molar refractivity (Wildman–Crippen MR) is 75.1 cm³/mol. The van der Waals surface area contributed by atoms with Crippen molar-refractivity contribution >= 4 is 11.6 Å². The number of methoxy groups -OCH3 is 1. The molecule has 2 rings (SSSR count). The topological polar surface area (TPSA) is 52.6 Å². The molecule has 20 heavy (non-hydrogen) atoms. The first-order chi connectivity index (χ1) is 9.58. The molecule has 1 aromatic rings. The van der Waals surface area contributed by atoms with Gasteiger partial charge in [-0.3, -0.25) is 9.59 Å². The first kappa shape index (κ1) is 14.1. The maximum atomic E-state index is 12.4. The lowest BCUT2D eigenvalue weighted by Gasteiger charge is -2.19. The number of carbonyl (C=O) groups excluding carboxylic acids is 2. The molecule has 0 bridgehead atoms. The third kappa shape index (κ3) is 2.50. The molecular formula is C16H16O4. The summed E-state index contributed by atoms with van der Waals surface area (Å²) in [4.78, 5) is 24.6. The predicted octanol–water partition coefficient (Wildman–Crippen LogP) is 2.94. The fourth-order valence-corrected chi connectivity index (χ4v) is 2.29. The van der Waals surface area contributed by atoms with Gasteiger partial charge in [0.1, 0.15) is 5.75 Å². The van der Waals surface area contributed by atoms with E-state index in [1.165, 1.54) is 19.4 Å². The van der Waals surface area contributed by atoms with E-state index in [-0.39, 0.29) is 17.7 Å². The zero-order valence-corrected chi connectivity index (χ0v) is 11.5. The van der Waals surface area contributed by atoms with Crippen LogP contribution in [0.4, 0.5) is 0 Å². The van der Waals surface area contributed by atoms with Crippen molar-refractivity contribution in [3.63, 3.8) is 0 Å². The summed E-state index contributed by atoms with van der Waals surface area (Å²) in [5, 5.41) is 0. The second-order valence-electron chi connectivity index (χ2n) is 4.56. The van der Waals surface area contributed by atoms with Crippen LogP contribution < -0.4 is 4.74 Å². The van der Waals surface area contributed by atoms with Gasteiger partial charge in [0.25, 0.3) is 0 Å². The highest BCUT2D eigenvalue weighted by Gasteiger charge is 2.28. The molecule has 104 valence electrons. The smallest absolute Gasteiger partial charge is 0.190 e. The molecule has 0 fully saturated rings. The number of ether oxygens (including phenoxy) is 2. The maximum absolute atomic E-state index is 12.4. The Bertz CT molecular complexity index is 598. The average Bonchev–Trinajstić information content (AvgIpc) is 2.43. The Morgan fingerprint density at radius 1 is 1.35 bits per heavy atom. The summed E-state index contributed by atoms with van der Waals surface area (Å²) in [6.45, 7) is 5.30. The van der Waals surface area contributed by atoms with Gasteiger partial charge in [-0.1, -0.05) is 18.7 Å². The normalized spacial score (nSPS) is 15.2. The summed E-state index contributed by atoms with van der Waals surface area (Å²) < 4.78 is 10.3. The van der Waals surface area contributed by atoms with Crippen molar-refractivity contribution in [2.24, 2.45) is 0 Å². The van der Waals surface area contributed by atoms with Gasteiger partial charge in [0.2, 0.25) is 0 Å². The molecule has 0 radical (unpaired) electrons. The number of hydrogen-bond acceptors (Lipinski definition) is 4. The first-order valence-electron chi connectivity index (χ1n) is 6.31. The molecule has 0 aliphatic heterocycles. The van der Waals surface area contributed by atoms with E-state index in [1.807, 2.05) is 6.92 Å². The standard InChI is InChI=1S/C16H16O4/c1-4-20-10(2)8-11-9-13(17)15-12(16(11)18)6-5-7-14(15)19-3/h4-7,9-10H,1,8H2,2-3H3. The minimum atomic E-state index is -0.210. The molecule has 1 atom stereocenters. The molecule has 0 saturated heterocycles. The quantitative estimate of drug-likeness (QED) is 0.773. The molecule has 0 amide bonds. The van der Waals surface area contributed by atoms with Crippen LogP contribution in [-0.2, 0) is 4.74 Å². The lowest BCUT2D eigenvalue weighted by Crippen LogP contribution is -2.20. The van der Waals surface area contributed by atoms with Crippen LogP contribution in [0.2, 0.25) is 0 Å². The Morgan fingerprint density at radius 2 is 2.10 bits per heavy atom. The van der Waals surface area contributed by atoms with E-state index in [9.17, 15) is 9.59 Å². The zero-order valence-electron chi connectivity index (χ0n) is 11.5. The maximum Gasteiger partial charge on any atom is 0.190 e. The van der Waals surface area contributed by atoms with Crippen LogP contribution in [0.15, 0.2) is 42.7 Å². The van der Waals surface area contributed by atoms with Crippen molar-refractivity contribution in [2.75, 3.05) is 7.11 Å². The van der Waals surface area contributed by atoms with Crippen LogP contribution >= 0.6 is 0 Å². The van der Waals surface area contributed by atoms with Crippen LogP contribution in [0.5, 0.6) is 5.75 Å². The molecule has 1 aromatic carbocycles. The second kappa shape index (κ2) is 5.74. The van der Waals surface area contributed by atoms with E-state index < -0.39 is 0 Å². The molecule has 0 saturated carbocycles. The summed E-state index contributed by atoms with van der Waals surface area (Å²) in [7, 11) is 1.48. The van der Waals surface area contributed by atoms with Gasteiger partial charge in [-0.05, 0) is 19.1 Å². The summed E-state index contributed by atoms with van der Waals surface area (Å²) >= 11 is 0. The molecule has 1 aliphatic carbocycles. The summed E-state index contributed by atoms with van der Waals surface area (Å²) in [5.74, 6) is 0.0578. The third-order valence-corrected chi connectivity index (χ3v) is 3.17. The Balaban J connectivity index is 2.37. The largest absolute Gasteiger partial charge is 0.499 e. The lowest BCUT2D eigenvalue weighted by atomic mass is 9.87. The van der Waals surface area contributed by atoms with E-state index in [0.29, 0.717) is 28.9 Å². The summed E-state index contributed by atoms with van der Waals surface area (Å²) in [6, 6.07) is 5.02. The molecule has 4 nitrogen and oxygen atoms in total. The third-order valence-electron chi connectivity index (χ3n) is 3.17. The van der Waals surface area contributed by atoms with Gasteiger partial charge in [0.05, 0.1) is 25.0 Å². The van der Waals surface area contributed by atoms with Crippen molar-refractivity contribution in [1.82, 2.24) is 0 Å². The molecule has 0 heterocycles. The van der Waals surface area contributed by atoms with Crippen LogP contribution in [0.25, 0.3) is 0 Å². The Labute approximate surface area is 117 Å². The molecule has 0 N–H and O–H groups in total. The first-order valence-corrected chi connectivity index (χ1v) is 6.31. The molecule has 4 heteroatoms. The van der Waals surface area contributed by atoms with Crippen molar-refractivity contribution in [2.45, 2.75) is 19.4 Å². The number of Topliss-reactive ketones (excluding diaryl/α,β-unsaturated/α-hetero) is 1. The molecular weight excluding hydrogens is 256 g/mol. The van der Waals surface area contributed by atoms with Crippen molar-refractivity contribution < 1.29 is 19.1 Å². The van der Waals surface area contributed by atoms with Gasteiger partial charge in [-0.25, -0.2) is 0 Å². The average molecular weight is 272 g/mol. The number of ketones is 2. The highest BCUT2D eigenvalue weighted by Crippen LogP contribution is 2.30. The number of hydrogen-bond donors (Lipinski definition) is 0. The Hall–Kier alpha value is -2.36. The number of allylic oxidation sites excluding steroid dienone is 1. The highest BCUT2D eigenvalue weighted by molar-refractivity contribution is 6.25. The molecule has 0 spiro atoms. The van der Waals surface area contributed by atoms with E-state index in [2.05, 4.69) is 6.58 Å². The number of rotatable bonds is 5. The number of carbonyl (C=O) groups is 2. The summed E-state index contributed by atoms with van der Waals surface area (Å²) in [5.41, 5.74) is 1.17. The van der Waals surface area contributed by atoms with E-state index in [4.69, 9.17) is 9.47 Å². The van der Waals surface area contributed by atoms with Gasteiger partial charge in [0, 0.05) is 17.6 Å². The number of benzene rings is 1. The summed E-state index contributed by atoms with van der Waals surface area (Å²) in [6.07, 6.45) is 2.86. The lowest BCUT2D eigenvalue weighted by molar-refractivity contribution is 0.0964.